The van der Waals surface area contributed by atoms with Crippen LogP contribution in [0.4, 0.5) is 11.4 Å². The standard InChI is InChI=1S/C14H10ClNOS/c1-9(17)16-11-4-2-3-5-13(11)18-14-7-6-10(15)8-12(14)16/h2-8H,1H3. The van der Waals surface area contributed by atoms with Gasteiger partial charge in [-0.2, -0.15) is 0 Å². The van der Waals surface area contributed by atoms with Crippen LogP contribution in [-0.4, -0.2) is 5.91 Å². The summed E-state index contributed by atoms with van der Waals surface area (Å²) in [6, 6.07) is 13.5. The lowest BCUT2D eigenvalue weighted by atomic mass is 10.2. The van der Waals surface area contributed by atoms with Gasteiger partial charge in [0.2, 0.25) is 5.91 Å². The molecule has 2 aromatic carbocycles. The van der Waals surface area contributed by atoms with Crippen molar-refractivity contribution < 1.29 is 4.79 Å². The van der Waals surface area contributed by atoms with Crippen molar-refractivity contribution >= 4 is 40.6 Å². The Bertz CT molecular complexity index is 641. The van der Waals surface area contributed by atoms with E-state index >= 15 is 0 Å². The smallest absolute Gasteiger partial charge is 0.228 e. The van der Waals surface area contributed by atoms with Crippen LogP contribution in [0.2, 0.25) is 5.02 Å². The number of anilines is 2. The molecule has 1 aliphatic rings. The molecule has 1 heterocycles. The molecular formula is C14H10ClNOS. The van der Waals surface area contributed by atoms with Crippen molar-refractivity contribution in [1.82, 2.24) is 0 Å². The summed E-state index contributed by atoms with van der Waals surface area (Å²) >= 11 is 7.69. The van der Waals surface area contributed by atoms with Crippen LogP contribution in [0.25, 0.3) is 0 Å². The summed E-state index contributed by atoms with van der Waals surface area (Å²) in [6.07, 6.45) is 0. The van der Waals surface area contributed by atoms with Crippen LogP contribution in [-0.2, 0) is 4.79 Å². The number of amides is 1. The maximum absolute atomic E-state index is 11.9. The van der Waals surface area contributed by atoms with Gasteiger partial charge in [-0.25, -0.2) is 0 Å². The third-order valence-electron chi connectivity index (χ3n) is 2.80. The average Bonchev–Trinajstić information content (AvgIpc) is 2.35. The molecule has 0 unspecified atom stereocenters. The molecule has 0 spiro atoms. The average molecular weight is 276 g/mol. The fourth-order valence-electron chi connectivity index (χ4n) is 2.07. The third-order valence-corrected chi connectivity index (χ3v) is 4.17. The molecule has 0 saturated carbocycles. The molecule has 0 N–H and O–H groups in total. The zero-order chi connectivity index (χ0) is 12.7. The zero-order valence-corrected chi connectivity index (χ0v) is 11.3. The first-order chi connectivity index (χ1) is 8.66. The summed E-state index contributed by atoms with van der Waals surface area (Å²) in [5.74, 6) is -0.00809. The lowest BCUT2D eigenvalue weighted by Crippen LogP contribution is -2.25. The molecule has 0 bridgehead atoms. The van der Waals surface area contributed by atoms with E-state index in [0.717, 1.165) is 21.2 Å². The Morgan fingerprint density at radius 3 is 2.61 bits per heavy atom. The molecule has 0 saturated heterocycles. The normalized spacial score (nSPS) is 12.9. The minimum atomic E-state index is -0.00809. The summed E-state index contributed by atoms with van der Waals surface area (Å²) in [6.45, 7) is 1.57. The third kappa shape index (κ3) is 1.80. The van der Waals surface area contributed by atoms with E-state index in [-0.39, 0.29) is 5.91 Å². The Labute approximate surface area is 115 Å². The fraction of sp³-hybridized carbons (Fsp3) is 0.0714. The van der Waals surface area contributed by atoms with Crippen molar-refractivity contribution in [2.45, 2.75) is 16.7 Å². The van der Waals surface area contributed by atoms with Gasteiger partial charge in [-0.3, -0.25) is 9.69 Å². The van der Waals surface area contributed by atoms with Crippen molar-refractivity contribution in [2.75, 3.05) is 4.90 Å². The second-order valence-corrected chi connectivity index (χ2v) is 5.56. The highest BCUT2D eigenvalue weighted by Crippen LogP contribution is 2.48. The highest BCUT2D eigenvalue weighted by Gasteiger charge is 2.25. The van der Waals surface area contributed by atoms with Gasteiger partial charge >= 0.3 is 0 Å². The van der Waals surface area contributed by atoms with Crippen molar-refractivity contribution in [1.29, 1.82) is 0 Å². The Morgan fingerprint density at radius 1 is 1.11 bits per heavy atom. The van der Waals surface area contributed by atoms with Gasteiger partial charge in [-0.15, -0.1) is 0 Å². The van der Waals surface area contributed by atoms with E-state index in [1.807, 2.05) is 42.5 Å². The summed E-state index contributed by atoms with van der Waals surface area (Å²) in [5, 5.41) is 0.639. The van der Waals surface area contributed by atoms with Crippen LogP contribution in [0.3, 0.4) is 0 Å². The van der Waals surface area contributed by atoms with Crippen LogP contribution in [0.1, 0.15) is 6.92 Å². The summed E-state index contributed by atoms with van der Waals surface area (Å²) in [5.41, 5.74) is 1.78. The van der Waals surface area contributed by atoms with E-state index in [0.29, 0.717) is 5.02 Å². The first-order valence-corrected chi connectivity index (χ1v) is 6.73. The minimum Gasteiger partial charge on any atom is -0.279 e. The molecule has 0 aliphatic carbocycles. The topological polar surface area (TPSA) is 20.3 Å². The van der Waals surface area contributed by atoms with Gasteiger partial charge in [0.15, 0.2) is 0 Å². The van der Waals surface area contributed by atoms with Crippen molar-refractivity contribution in [3.63, 3.8) is 0 Å². The molecule has 2 nitrogen and oxygen atoms in total. The van der Waals surface area contributed by atoms with Gasteiger partial charge in [0.25, 0.3) is 0 Å². The van der Waals surface area contributed by atoms with Gasteiger partial charge in [-0.05, 0) is 30.3 Å². The quantitative estimate of drug-likeness (QED) is 0.706. The van der Waals surface area contributed by atoms with E-state index in [1.54, 1.807) is 23.6 Å². The monoisotopic (exact) mass is 275 g/mol. The Hall–Kier alpha value is -1.45. The predicted octanol–water partition coefficient (Wildman–Crippen LogP) is 4.49. The van der Waals surface area contributed by atoms with Crippen molar-refractivity contribution in [3.8, 4) is 0 Å². The lowest BCUT2D eigenvalue weighted by Gasteiger charge is -2.30. The van der Waals surface area contributed by atoms with E-state index in [4.69, 9.17) is 11.6 Å². The van der Waals surface area contributed by atoms with E-state index in [9.17, 15) is 4.79 Å². The van der Waals surface area contributed by atoms with Crippen molar-refractivity contribution in [2.24, 2.45) is 0 Å². The lowest BCUT2D eigenvalue weighted by molar-refractivity contribution is -0.115. The molecule has 18 heavy (non-hydrogen) atoms. The molecule has 2 aromatic rings. The molecule has 0 radical (unpaired) electrons. The molecule has 0 aromatic heterocycles. The number of carbonyl (C=O) groups excluding carboxylic acids is 1. The van der Waals surface area contributed by atoms with Gasteiger partial charge in [0.1, 0.15) is 0 Å². The molecule has 1 amide bonds. The zero-order valence-electron chi connectivity index (χ0n) is 9.68. The second-order valence-electron chi connectivity index (χ2n) is 4.04. The molecule has 3 rings (SSSR count). The number of benzene rings is 2. The summed E-state index contributed by atoms with van der Waals surface area (Å²) in [4.78, 5) is 15.8. The van der Waals surface area contributed by atoms with Crippen LogP contribution in [0, 0.1) is 0 Å². The van der Waals surface area contributed by atoms with Crippen LogP contribution >= 0.6 is 23.4 Å². The van der Waals surface area contributed by atoms with Crippen LogP contribution in [0.5, 0.6) is 0 Å². The number of para-hydroxylation sites is 1. The summed E-state index contributed by atoms with van der Waals surface area (Å²) < 4.78 is 0. The van der Waals surface area contributed by atoms with Gasteiger partial charge < -0.3 is 0 Å². The first kappa shape index (κ1) is 11.6. The summed E-state index contributed by atoms with van der Waals surface area (Å²) in [7, 11) is 0. The number of fused-ring (bicyclic) bond motifs is 2. The number of nitrogens with zero attached hydrogens (tertiary/aromatic N) is 1. The molecule has 4 heteroatoms. The van der Waals surface area contributed by atoms with E-state index < -0.39 is 0 Å². The largest absolute Gasteiger partial charge is 0.279 e. The maximum Gasteiger partial charge on any atom is 0.228 e. The maximum atomic E-state index is 11.9. The Kier molecular flexibility index (Phi) is 2.80. The molecule has 1 aliphatic heterocycles. The molecule has 0 atom stereocenters. The SMILES string of the molecule is CC(=O)N1c2ccccc2Sc2ccc(Cl)cc21. The predicted molar refractivity (Wildman–Crippen MR) is 74.8 cm³/mol. The Balaban J connectivity index is 2.24. The van der Waals surface area contributed by atoms with Crippen LogP contribution < -0.4 is 4.90 Å². The highest BCUT2D eigenvalue weighted by atomic mass is 35.5. The van der Waals surface area contributed by atoms with Crippen LogP contribution in [0.15, 0.2) is 52.3 Å². The first-order valence-electron chi connectivity index (χ1n) is 5.54. The minimum absolute atomic E-state index is 0.00809. The van der Waals surface area contributed by atoms with E-state index in [1.165, 1.54) is 0 Å². The molecule has 0 fully saturated rings. The Morgan fingerprint density at radius 2 is 1.83 bits per heavy atom. The number of rotatable bonds is 0. The second kappa shape index (κ2) is 4.34. The number of carbonyl (C=O) groups is 1. The van der Waals surface area contributed by atoms with Gasteiger partial charge in [0.05, 0.1) is 11.4 Å². The number of halogens is 1. The van der Waals surface area contributed by atoms with E-state index in [2.05, 4.69) is 0 Å². The fourth-order valence-corrected chi connectivity index (χ4v) is 3.27. The van der Waals surface area contributed by atoms with Gasteiger partial charge in [0, 0.05) is 21.7 Å². The van der Waals surface area contributed by atoms with Crippen molar-refractivity contribution in [3.05, 3.63) is 47.5 Å². The molecular weight excluding hydrogens is 266 g/mol. The highest BCUT2D eigenvalue weighted by molar-refractivity contribution is 7.99. The number of hydrogen-bond acceptors (Lipinski definition) is 2. The van der Waals surface area contributed by atoms with Gasteiger partial charge in [-0.1, -0.05) is 35.5 Å². The number of hydrogen-bond donors (Lipinski definition) is 0. The molecule has 90 valence electrons.